The summed E-state index contributed by atoms with van der Waals surface area (Å²) in [5, 5.41) is 24.1. The quantitative estimate of drug-likeness (QED) is 0.505. The normalized spacial score (nSPS) is 23.9. The lowest BCUT2D eigenvalue weighted by molar-refractivity contribution is -0.704. The molecule has 0 saturated carbocycles. The first-order valence-electron chi connectivity index (χ1n) is 8.89. The topological polar surface area (TPSA) is 61.9 Å². The average molecular weight is 337 g/mol. The van der Waals surface area contributed by atoms with Crippen molar-refractivity contribution in [2.24, 2.45) is 5.28 Å². The Labute approximate surface area is 147 Å². The maximum absolute atomic E-state index is 11.4. The SMILES string of the molecule is CN(CCCC12CCC(c3ccccc31)c1ccccc12)/[N+]([O-])=N/O. The molecule has 5 heteroatoms. The van der Waals surface area contributed by atoms with E-state index in [4.69, 9.17) is 5.21 Å². The van der Waals surface area contributed by atoms with E-state index in [1.165, 1.54) is 33.7 Å². The van der Waals surface area contributed by atoms with Crippen LogP contribution in [0.25, 0.3) is 0 Å². The van der Waals surface area contributed by atoms with Gasteiger partial charge in [0.1, 0.15) is 0 Å². The minimum atomic E-state index is 0.0346. The second-order valence-electron chi connectivity index (χ2n) is 7.17. The van der Waals surface area contributed by atoms with Gasteiger partial charge in [0, 0.05) is 11.3 Å². The number of hydrogen-bond acceptors (Lipinski definition) is 2. The Morgan fingerprint density at radius 3 is 2.36 bits per heavy atom. The molecule has 0 fully saturated rings. The Kier molecular flexibility index (Phi) is 3.86. The van der Waals surface area contributed by atoms with Gasteiger partial charge >= 0.3 is 0 Å². The minimum absolute atomic E-state index is 0.0346. The number of hydrogen-bond donors (Lipinski definition) is 1. The molecule has 0 heterocycles. The van der Waals surface area contributed by atoms with Crippen molar-refractivity contribution in [3.8, 4) is 0 Å². The number of benzene rings is 2. The van der Waals surface area contributed by atoms with Crippen molar-refractivity contribution in [3.05, 3.63) is 76.0 Å². The Hall–Kier alpha value is -2.56. The van der Waals surface area contributed by atoms with Gasteiger partial charge in [-0.25, -0.2) is 0 Å². The standard InChI is InChI=1S/C20H23N3O2/c1-22(23(25)21-24)14-6-12-20-13-11-15(16-7-2-4-9-18(16)20)17-8-3-5-10-19(17)20/h2-5,7-10,15,24H,6,11-14H2,1H3/b23-21-. The van der Waals surface area contributed by atoms with E-state index in [9.17, 15) is 5.21 Å². The van der Waals surface area contributed by atoms with Crippen LogP contribution in [0.15, 0.2) is 53.8 Å². The van der Waals surface area contributed by atoms with E-state index in [1.54, 1.807) is 7.05 Å². The molecule has 0 saturated heterocycles. The summed E-state index contributed by atoms with van der Waals surface area (Å²) < 4.78 is 0. The highest BCUT2D eigenvalue weighted by Crippen LogP contribution is 2.57. The van der Waals surface area contributed by atoms with E-state index in [0.717, 1.165) is 19.3 Å². The Morgan fingerprint density at radius 1 is 1.16 bits per heavy atom. The first kappa shape index (κ1) is 15.9. The molecule has 3 aliphatic carbocycles. The predicted molar refractivity (Wildman–Crippen MR) is 94.4 cm³/mol. The summed E-state index contributed by atoms with van der Waals surface area (Å²) in [6.45, 7) is 0.559. The van der Waals surface area contributed by atoms with E-state index in [0.29, 0.717) is 12.5 Å². The van der Waals surface area contributed by atoms with Gasteiger partial charge in [-0.15, -0.1) is 5.01 Å². The van der Waals surface area contributed by atoms with Gasteiger partial charge in [0.15, 0.2) is 0 Å². The zero-order valence-corrected chi connectivity index (χ0v) is 14.4. The molecule has 0 amide bonds. The first-order valence-corrected chi connectivity index (χ1v) is 8.89. The number of rotatable bonds is 5. The van der Waals surface area contributed by atoms with E-state index >= 15 is 0 Å². The molecule has 0 radical (unpaired) electrons. The molecule has 0 unspecified atom stereocenters. The summed E-state index contributed by atoms with van der Waals surface area (Å²) in [6, 6.07) is 17.7. The third kappa shape index (κ3) is 2.37. The van der Waals surface area contributed by atoms with E-state index in [1.807, 2.05) is 0 Å². The lowest BCUT2D eigenvalue weighted by atomic mass is 9.54. The summed E-state index contributed by atoms with van der Waals surface area (Å²) in [7, 11) is 1.64. The lowest BCUT2D eigenvalue weighted by Crippen LogP contribution is -2.40. The second-order valence-corrected chi connectivity index (χ2v) is 7.17. The van der Waals surface area contributed by atoms with Crippen molar-refractivity contribution in [1.29, 1.82) is 0 Å². The van der Waals surface area contributed by atoms with E-state index in [2.05, 4.69) is 53.8 Å². The summed E-state index contributed by atoms with van der Waals surface area (Å²) >= 11 is 0. The van der Waals surface area contributed by atoms with E-state index in [-0.39, 0.29) is 10.4 Å². The van der Waals surface area contributed by atoms with Crippen LogP contribution in [0.2, 0.25) is 0 Å². The van der Waals surface area contributed by atoms with Crippen LogP contribution in [0.1, 0.15) is 53.9 Å². The molecular weight excluding hydrogens is 314 g/mol. The molecule has 5 rings (SSSR count). The number of nitrogens with zero attached hydrogens (tertiary/aromatic N) is 3. The van der Waals surface area contributed by atoms with Crippen LogP contribution >= 0.6 is 0 Å². The van der Waals surface area contributed by atoms with Gasteiger partial charge in [-0.2, -0.15) is 0 Å². The molecular formula is C20H23N3O2. The summed E-state index contributed by atoms with van der Waals surface area (Å²) in [4.78, 5) is 0.233. The van der Waals surface area contributed by atoms with Gasteiger partial charge < -0.3 is 10.4 Å². The Balaban J connectivity index is 1.68. The number of hydrazine groups is 1. The van der Waals surface area contributed by atoms with Gasteiger partial charge in [-0.3, -0.25) is 0 Å². The maximum atomic E-state index is 11.4. The maximum Gasteiger partial charge on any atom is 0.230 e. The van der Waals surface area contributed by atoms with Crippen molar-refractivity contribution in [2.45, 2.75) is 37.0 Å². The monoisotopic (exact) mass is 337 g/mol. The molecule has 0 spiro atoms. The minimum Gasteiger partial charge on any atom is -0.569 e. The van der Waals surface area contributed by atoms with Gasteiger partial charge in [0.25, 0.3) is 0 Å². The van der Waals surface area contributed by atoms with Crippen molar-refractivity contribution in [2.75, 3.05) is 13.6 Å². The molecule has 2 bridgehead atoms. The molecule has 3 aliphatic rings. The van der Waals surface area contributed by atoms with E-state index < -0.39 is 0 Å². The highest BCUT2D eigenvalue weighted by Gasteiger charge is 2.47. The van der Waals surface area contributed by atoms with Gasteiger partial charge in [0.2, 0.25) is 5.28 Å². The highest BCUT2D eigenvalue weighted by molar-refractivity contribution is 5.58. The molecule has 5 nitrogen and oxygen atoms in total. The summed E-state index contributed by atoms with van der Waals surface area (Å²) in [5.74, 6) is 0.516. The van der Waals surface area contributed by atoms with Gasteiger partial charge in [-0.05, 0) is 47.9 Å². The summed E-state index contributed by atoms with van der Waals surface area (Å²) in [6.07, 6.45) is 4.18. The molecule has 1 N–H and O–H groups in total. The number of fused-ring (bicyclic) bond motifs is 1. The summed E-state index contributed by atoms with van der Waals surface area (Å²) in [5.41, 5.74) is 5.89. The van der Waals surface area contributed by atoms with Crippen molar-refractivity contribution >= 4 is 0 Å². The molecule has 130 valence electrons. The van der Waals surface area contributed by atoms with Crippen LogP contribution in [-0.2, 0) is 5.41 Å². The van der Waals surface area contributed by atoms with Crippen molar-refractivity contribution in [1.82, 2.24) is 5.01 Å². The van der Waals surface area contributed by atoms with Gasteiger partial charge in [-0.1, -0.05) is 48.5 Å². The molecule has 2 aromatic rings. The Bertz CT molecular complexity index is 771. The van der Waals surface area contributed by atoms with Crippen molar-refractivity contribution < 1.29 is 10.2 Å². The molecule has 0 aromatic heterocycles. The van der Waals surface area contributed by atoms with Crippen LogP contribution in [-0.4, -0.2) is 28.8 Å². The molecule has 25 heavy (non-hydrogen) atoms. The highest BCUT2D eigenvalue weighted by atomic mass is 16.6. The Morgan fingerprint density at radius 2 is 1.76 bits per heavy atom. The zero-order valence-electron chi connectivity index (χ0n) is 14.4. The first-order chi connectivity index (χ1) is 12.2. The second kappa shape index (κ2) is 6.06. The fourth-order valence-electron chi connectivity index (χ4n) is 4.91. The molecule has 0 aliphatic heterocycles. The van der Waals surface area contributed by atoms with Crippen LogP contribution in [0.5, 0.6) is 0 Å². The largest absolute Gasteiger partial charge is 0.569 e. The van der Waals surface area contributed by atoms with Crippen LogP contribution in [0, 0.1) is 5.21 Å². The fourth-order valence-corrected chi connectivity index (χ4v) is 4.91. The predicted octanol–water partition coefficient (Wildman–Crippen LogP) is 4.19. The smallest absolute Gasteiger partial charge is 0.230 e. The van der Waals surface area contributed by atoms with Gasteiger partial charge in [0.05, 0.1) is 18.6 Å². The van der Waals surface area contributed by atoms with Crippen LogP contribution < -0.4 is 0 Å². The van der Waals surface area contributed by atoms with Crippen LogP contribution in [0.4, 0.5) is 0 Å². The molecule has 2 aromatic carbocycles. The third-order valence-electron chi connectivity index (χ3n) is 6.02. The molecule has 0 atom stereocenters. The third-order valence-corrected chi connectivity index (χ3v) is 6.02. The average Bonchev–Trinajstić information content (AvgIpc) is 2.68. The van der Waals surface area contributed by atoms with Crippen LogP contribution in [0.3, 0.4) is 0 Å². The zero-order chi connectivity index (χ0) is 17.4. The lowest BCUT2D eigenvalue weighted by Gasteiger charge is -2.50. The van der Waals surface area contributed by atoms with Crippen molar-refractivity contribution in [3.63, 3.8) is 0 Å². The fraction of sp³-hybridized carbons (Fsp3) is 0.400.